The molecule has 3 aromatic heterocycles. The third kappa shape index (κ3) is 2.01. The van der Waals surface area contributed by atoms with Gasteiger partial charge in [0.05, 0.1) is 7.11 Å². The Morgan fingerprint density at radius 3 is 2.92 bits per heavy atom. The number of rotatable bonds is 4. The molecule has 1 aliphatic rings. The van der Waals surface area contributed by atoms with Gasteiger partial charge in [-0.25, -0.2) is 4.98 Å². The fraction of sp³-hybridized carbons (Fsp3) is 0.235. The number of pyridine rings is 1. The van der Waals surface area contributed by atoms with Crippen LogP contribution in [0.4, 0.5) is 11.6 Å². The smallest absolute Gasteiger partial charge is 0.160 e. The van der Waals surface area contributed by atoms with E-state index in [0.29, 0.717) is 11.7 Å². The minimum absolute atomic E-state index is 0.628. The standard InChI is InChI=1S/C17H16N6O/c1-24-13-4-2-3-10-11-8-18-23-16(11)17(20-15(10)13)19-14-7-12(21-22-14)9-5-6-9/h2-4,7-9H,5-6H2,1H3,(H,18,23)(H2,19,20,21,22). The fourth-order valence-electron chi connectivity index (χ4n) is 3.07. The number of nitrogens with one attached hydrogen (secondary N) is 3. The monoisotopic (exact) mass is 320 g/mol. The van der Waals surface area contributed by atoms with E-state index in [1.807, 2.05) is 30.5 Å². The maximum atomic E-state index is 5.46. The number of aromatic amines is 2. The van der Waals surface area contributed by atoms with E-state index in [1.54, 1.807) is 7.11 Å². The number of hydrogen-bond donors (Lipinski definition) is 3. The van der Waals surface area contributed by atoms with E-state index in [1.165, 1.54) is 18.5 Å². The summed E-state index contributed by atoms with van der Waals surface area (Å²) in [7, 11) is 1.65. The zero-order chi connectivity index (χ0) is 16.1. The molecule has 0 bridgehead atoms. The molecule has 24 heavy (non-hydrogen) atoms. The summed E-state index contributed by atoms with van der Waals surface area (Å²) < 4.78 is 5.46. The molecule has 1 aromatic carbocycles. The largest absolute Gasteiger partial charge is 0.494 e. The lowest BCUT2D eigenvalue weighted by molar-refractivity contribution is 0.419. The number of methoxy groups -OCH3 is 1. The first-order valence-corrected chi connectivity index (χ1v) is 7.96. The van der Waals surface area contributed by atoms with Crippen LogP contribution < -0.4 is 10.1 Å². The number of H-pyrrole nitrogens is 2. The fourth-order valence-corrected chi connectivity index (χ4v) is 3.07. The molecule has 120 valence electrons. The topological polar surface area (TPSA) is 91.5 Å². The number of para-hydroxylation sites is 1. The SMILES string of the molecule is COc1cccc2c1nc(Nc1cc(C3CC3)[nH]n1)c1n[nH]cc12. The Morgan fingerprint density at radius 2 is 2.08 bits per heavy atom. The Kier molecular flexibility index (Phi) is 2.76. The molecular weight excluding hydrogens is 304 g/mol. The summed E-state index contributed by atoms with van der Waals surface area (Å²) in [6.07, 6.45) is 4.34. The Bertz CT molecular complexity index is 1050. The Morgan fingerprint density at radius 1 is 1.17 bits per heavy atom. The number of fused-ring (bicyclic) bond motifs is 3. The summed E-state index contributed by atoms with van der Waals surface area (Å²) in [5.41, 5.74) is 2.76. The summed E-state index contributed by atoms with van der Waals surface area (Å²) in [5, 5.41) is 20.0. The van der Waals surface area contributed by atoms with Crippen LogP contribution in [0, 0.1) is 0 Å². The molecule has 3 N–H and O–H groups in total. The van der Waals surface area contributed by atoms with Gasteiger partial charge in [0.15, 0.2) is 11.6 Å². The minimum atomic E-state index is 0.628. The Hall–Kier alpha value is -3.09. The molecule has 0 unspecified atom stereocenters. The van der Waals surface area contributed by atoms with Gasteiger partial charge in [0.1, 0.15) is 16.8 Å². The Labute approximate surface area is 137 Å². The third-order valence-corrected chi connectivity index (χ3v) is 4.46. The number of nitrogens with zero attached hydrogens (tertiary/aromatic N) is 3. The quantitative estimate of drug-likeness (QED) is 0.535. The van der Waals surface area contributed by atoms with Crippen molar-refractivity contribution in [3.63, 3.8) is 0 Å². The van der Waals surface area contributed by atoms with Crippen molar-refractivity contribution < 1.29 is 4.74 Å². The van der Waals surface area contributed by atoms with Crippen molar-refractivity contribution in [3.8, 4) is 5.75 Å². The lowest BCUT2D eigenvalue weighted by Gasteiger charge is -2.09. The molecule has 0 amide bonds. The third-order valence-electron chi connectivity index (χ3n) is 4.46. The van der Waals surface area contributed by atoms with E-state index in [4.69, 9.17) is 9.72 Å². The molecule has 7 heteroatoms. The summed E-state index contributed by atoms with van der Waals surface area (Å²) in [6, 6.07) is 7.93. The number of anilines is 2. The van der Waals surface area contributed by atoms with Crippen molar-refractivity contribution in [2.45, 2.75) is 18.8 Å². The van der Waals surface area contributed by atoms with Crippen molar-refractivity contribution in [2.24, 2.45) is 0 Å². The van der Waals surface area contributed by atoms with Crippen molar-refractivity contribution in [2.75, 3.05) is 12.4 Å². The average molecular weight is 320 g/mol. The molecule has 3 heterocycles. The molecular formula is C17H16N6O. The molecule has 0 atom stereocenters. The van der Waals surface area contributed by atoms with Gasteiger partial charge >= 0.3 is 0 Å². The number of hydrogen-bond acceptors (Lipinski definition) is 5. The van der Waals surface area contributed by atoms with Gasteiger partial charge in [0, 0.05) is 34.6 Å². The van der Waals surface area contributed by atoms with Crippen molar-refractivity contribution >= 4 is 33.4 Å². The van der Waals surface area contributed by atoms with Crippen LogP contribution >= 0.6 is 0 Å². The predicted molar refractivity (Wildman–Crippen MR) is 91.8 cm³/mol. The van der Waals surface area contributed by atoms with Gasteiger partial charge in [-0.15, -0.1) is 0 Å². The maximum Gasteiger partial charge on any atom is 0.160 e. The molecule has 5 rings (SSSR count). The number of benzene rings is 1. The zero-order valence-corrected chi connectivity index (χ0v) is 13.1. The molecule has 0 radical (unpaired) electrons. The molecule has 0 spiro atoms. The average Bonchev–Trinajstić information content (AvgIpc) is 3.15. The molecule has 7 nitrogen and oxygen atoms in total. The van der Waals surface area contributed by atoms with Gasteiger partial charge in [-0.05, 0) is 18.9 Å². The van der Waals surface area contributed by atoms with E-state index in [2.05, 4.69) is 25.7 Å². The van der Waals surface area contributed by atoms with Gasteiger partial charge in [0.2, 0.25) is 0 Å². The van der Waals surface area contributed by atoms with Crippen molar-refractivity contribution in [3.05, 3.63) is 36.2 Å². The van der Waals surface area contributed by atoms with Crippen LogP contribution in [0.3, 0.4) is 0 Å². The van der Waals surface area contributed by atoms with Crippen LogP contribution in [0.1, 0.15) is 24.5 Å². The van der Waals surface area contributed by atoms with Gasteiger partial charge in [-0.2, -0.15) is 10.2 Å². The first kappa shape index (κ1) is 13.4. The molecule has 1 aliphatic carbocycles. The Balaban J connectivity index is 1.66. The lowest BCUT2D eigenvalue weighted by atomic mass is 10.1. The highest BCUT2D eigenvalue weighted by Crippen LogP contribution is 2.40. The summed E-state index contributed by atoms with van der Waals surface area (Å²) in [4.78, 5) is 4.74. The van der Waals surface area contributed by atoms with E-state index in [9.17, 15) is 0 Å². The van der Waals surface area contributed by atoms with Gasteiger partial charge in [0.25, 0.3) is 0 Å². The minimum Gasteiger partial charge on any atom is -0.494 e. The summed E-state index contributed by atoms with van der Waals surface area (Å²) >= 11 is 0. The highest BCUT2D eigenvalue weighted by molar-refractivity contribution is 6.10. The van der Waals surface area contributed by atoms with Crippen molar-refractivity contribution in [1.29, 1.82) is 0 Å². The van der Waals surface area contributed by atoms with Gasteiger partial charge < -0.3 is 10.1 Å². The summed E-state index contributed by atoms with van der Waals surface area (Å²) in [5.74, 6) is 2.78. The first-order chi connectivity index (χ1) is 11.8. The second kappa shape index (κ2) is 4.95. The molecule has 4 aromatic rings. The van der Waals surface area contributed by atoms with E-state index >= 15 is 0 Å². The van der Waals surface area contributed by atoms with Crippen LogP contribution in [0.15, 0.2) is 30.5 Å². The van der Waals surface area contributed by atoms with Crippen LogP contribution in [0.25, 0.3) is 21.8 Å². The number of aromatic nitrogens is 5. The zero-order valence-electron chi connectivity index (χ0n) is 13.1. The second-order valence-corrected chi connectivity index (χ2v) is 6.07. The van der Waals surface area contributed by atoms with Crippen LogP contribution in [0.5, 0.6) is 5.75 Å². The highest BCUT2D eigenvalue weighted by Gasteiger charge is 2.25. The lowest BCUT2D eigenvalue weighted by Crippen LogP contribution is -1.97. The van der Waals surface area contributed by atoms with Crippen molar-refractivity contribution in [1.82, 2.24) is 25.4 Å². The molecule has 1 saturated carbocycles. The highest BCUT2D eigenvalue weighted by atomic mass is 16.5. The normalized spacial score (nSPS) is 14.4. The predicted octanol–water partition coefficient (Wildman–Crippen LogP) is 3.46. The van der Waals surface area contributed by atoms with E-state index < -0.39 is 0 Å². The van der Waals surface area contributed by atoms with Gasteiger partial charge in [-0.3, -0.25) is 10.2 Å². The van der Waals surface area contributed by atoms with Crippen LogP contribution in [-0.4, -0.2) is 32.5 Å². The van der Waals surface area contributed by atoms with Crippen LogP contribution in [-0.2, 0) is 0 Å². The number of ether oxygens (including phenoxy) is 1. The maximum absolute atomic E-state index is 5.46. The molecule has 0 aliphatic heterocycles. The molecule has 0 saturated heterocycles. The second-order valence-electron chi connectivity index (χ2n) is 6.07. The van der Waals surface area contributed by atoms with Crippen LogP contribution in [0.2, 0.25) is 0 Å². The summed E-state index contributed by atoms with van der Waals surface area (Å²) in [6.45, 7) is 0. The van der Waals surface area contributed by atoms with E-state index in [0.717, 1.165) is 33.4 Å². The molecule has 1 fully saturated rings. The first-order valence-electron chi connectivity index (χ1n) is 7.96. The van der Waals surface area contributed by atoms with Gasteiger partial charge in [-0.1, -0.05) is 12.1 Å². The van der Waals surface area contributed by atoms with E-state index in [-0.39, 0.29) is 0 Å².